The van der Waals surface area contributed by atoms with Crippen LogP contribution in [0.25, 0.3) is 16.7 Å². The first-order valence-corrected chi connectivity index (χ1v) is 11.5. The zero-order valence-electron chi connectivity index (χ0n) is 21.2. The van der Waals surface area contributed by atoms with Gasteiger partial charge in [-0.1, -0.05) is 48.5 Å². The summed E-state index contributed by atoms with van der Waals surface area (Å²) in [5.74, 6) is -0.956. The average molecular weight is 554 g/mol. The molecule has 39 heavy (non-hydrogen) atoms. The topological polar surface area (TPSA) is 67.5 Å². The van der Waals surface area contributed by atoms with E-state index >= 15 is 0 Å². The molecule has 0 atom stereocenters. The number of benzene rings is 3. The summed E-state index contributed by atoms with van der Waals surface area (Å²) in [7, 11) is 1.28. The molecule has 0 unspecified atom stereocenters. The minimum absolute atomic E-state index is 0.0240. The van der Waals surface area contributed by atoms with E-state index in [4.69, 9.17) is 5.73 Å². The number of halogens is 7. The van der Waals surface area contributed by atoms with E-state index < -0.39 is 29.4 Å². The Morgan fingerprint density at radius 3 is 1.87 bits per heavy atom. The summed E-state index contributed by atoms with van der Waals surface area (Å²) in [5, 5.41) is 2.62. The molecule has 0 aliphatic heterocycles. The second kappa shape index (κ2) is 13.1. The SMILES string of the molecule is C/C=C(/C(N)=O)c1ccc(-c2ccccc2)c(F)c1.CCNC(=NC)c1cc(C(F)(F)F)cc(C(F)(F)F)c1. The molecule has 0 fully saturated rings. The van der Waals surface area contributed by atoms with Crippen molar-refractivity contribution in [3.63, 3.8) is 0 Å². The Labute approximate surface area is 221 Å². The lowest BCUT2D eigenvalue weighted by Crippen LogP contribution is -2.25. The number of amidine groups is 1. The highest BCUT2D eigenvalue weighted by molar-refractivity contribution is 6.18. The molecular formula is C28H26F7N3O. The third-order valence-corrected chi connectivity index (χ3v) is 5.35. The van der Waals surface area contributed by atoms with Crippen molar-refractivity contribution < 1.29 is 35.5 Å². The number of alkyl halides is 6. The predicted molar refractivity (Wildman–Crippen MR) is 137 cm³/mol. The molecule has 0 spiro atoms. The number of rotatable bonds is 5. The fourth-order valence-corrected chi connectivity index (χ4v) is 3.55. The van der Waals surface area contributed by atoms with Gasteiger partial charge in [0.25, 0.3) is 0 Å². The Hall–Kier alpha value is -4.15. The number of allylic oxidation sites excluding steroid dienone is 1. The number of carbonyl (C=O) groups is 1. The van der Waals surface area contributed by atoms with E-state index in [2.05, 4.69) is 10.3 Å². The summed E-state index contributed by atoms with van der Waals surface area (Å²) < 4.78 is 90.1. The Balaban J connectivity index is 0.000000274. The number of aliphatic imine (C=N–C) groups is 1. The van der Waals surface area contributed by atoms with Gasteiger partial charge in [0.1, 0.15) is 11.7 Å². The van der Waals surface area contributed by atoms with Crippen molar-refractivity contribution in [2.75, 3.05) is 13.6 Å². The third kappa shape index (κ3) is 8.42. The number of primary amides is 1. The van der Waals surface area contributed by atoms with E-state index in [9.17, 15) is 35.5 Å². The first kappa shape index (κ1) is 31.1. The Bertz CT molecular complexity index is 1310. The van der Waals surface area contributed by atoms with Crippen molar-refractivity contribution >= 4 is 17.3 Å². The maximum Gasteiger partial charge on any atom is 0.416 e. The largest absolute Gasteiger partial charge is 0.416 e. The third-order valence-electron chi connectivity index (χ3n) is 5.35. The smallest absolute Gasteiger partial charge is 0.370 e. The molecule has 0 saturated heterocycles. The van der Waals surface area contributed by atoms with Gasteiger partial charge in [0.15, 0.2) is 0 Å². The van der Waals surface area contributed by atoms with E-state index in [1.54, 1.807) is 32.1 Å². The van der Waals surface area contributed by atoms with Gasteiger partial charge < -0.3 is 11.1 Å². The highest BCUT2D eigenvalue weighted by atomic mass is 19.4. The van der Waals surface area contributed by atoms with E-state index in [0.717, 1.165) is 5.56 Å². The lowest BCUT2D eigenvalue weighted by atomic mass is 9.99. The van der Waals surface area contributed by atoms with Crippen LogP contribution in [-0.2, 0) is 17.1 Å². The van der Waals surface area contributed by atoms with Gasteiger partial charge in [-0.2, -0.15) is 26.3 Å². The zero-order valence-corrected chi connectivity index (χ0v) is 21.2. The van der Waals surface area contributed by atoms with Crippen LogP contribution in [-0.4, -0.2) is 25.3 Å². The van der Waals surface area contributed by atoms with E-state index in [1.165, 1.54) is 13.1 Å². The lowest BCUT2D eigenvalue weighted by Gasteiger charge is -2.15. The molecule has 0 aliphatic carbocycles. The van der Waals surface area contributed by atoms with Crippen LogP contribution in [0.4, 0.5) is 30.7 Å². The molecule has 3 rings (SSSR count). The van der Waals surface area contributed by atoms with Gasteiger partial charge >= 0.3 is 12.4 Å². The molecule has 0 aromatic heterocycles. The number of nitrogens with one attached hydrogen (secondary N) is 1. The summed E-state index contributed by atoms with van der Waals surface area (Å²) in [6.07, 6.45) is -8.14. The molecule has 0 heterocycles. The van der Waals surface area contributed by atoms with E-state index in [0.29, 0.717) is 35.4 Å². The number of carbonyl (C=O) groups excluding carboxylic acids is 1. The monoisotopic (exact) mass is 553 g/mol. The second-order valence-electron chi connectivity index (χ2n) is 8.02. The summed E-state index contributed by atoms with van der Waals surface area (Å²) in [4.78, 5) is 14.9. The maximum atomic E-state index is 14.1. The minimum Gasteiger partial charge on any atom is -0.370 e. The molecule has 3 N–H and O–H groups in total. The van der Waals surface area contributed by atoms with Gasteiger partial charge in [-0.3, -0.25) is 9.79 Å². The molecule has 1 amide bonds. The molecule has 4 nitrogen and oxygen atoms in total. The molecule has 0 aliphatic rings. The molecule has 0 saturated carbocycles. The first-order chi connectivity index (χ1) is 18.2. The molecule has 11 heteroatoms. The Morgan fingerprint density at radius 2 is 1.46 bits per heavy atom. The van der Waals surface area contributed by atoms with Crippen LogP contribution in [0.15, 0.2) is 77.8 Å². The van der Waals surface area contributed by atoms with Crippen LogP contribution in [0.2, 0.25) is 0 Å². The van der Waals surface area contributed by atoms with E-state index in [1.807, 2.05) is 30.3 Å². The number of hydrogen-bond donors (Lipinski definition) is 2. The summed E-state index contributed by atoms with van der Waals surface area (Å²) in [5.41, 5.74) is 4.39. The van der Waals surface area contributed by atoms with Gasteiger partial charge in [0, 0.05) is 30.3 Å². The van der Waals surface area contributed by atoms with Gasteiger partial charge in [0.2, 0.25) is 5.91 Å². The predicted octanol–water partition coefficient (Wildman–Crippen LogP) is 7.09. The number of amides is 1. The fraction of sp³-hybridized carbons (Fsp3) is 0.214. The van der Waals surface area contributed by atoms with Crippen molar-refractivity contribution in [1.29, 1.82) is 0 Å². The van der Waals surface area contributed by atoms with Gasteiger partial charge in [0.05, 0.1) is 11.1 Å². The van der Waals surface area contributed by atoms with Crippen LogP contribution in [0.5, 0.6) is 0 Å². The second-order valence-corrected chi connectivity index (χ2v) is 8.02. The number of nitrogens with two attached hydrogens (primary N) is 1. The molecule has 3 aromatic rings. The van der Waals surface area contributed by atoms with Crippen LogP contribution < -0.4 is 11.1 Å². The van der Waals surface area contributed by atoms with Crippen molar-refractivity contribution in [2.45, 2.75) is 26.2 Å². The van der Waals surface area contributed by atoms with Crippen LogP contribution >= 0.6 is 0 Å². The lowest BCUT2D eigenvalue weighted by molar-refractivity contribution is -0.143. The summed E-state index contributed by atoms with van der Waals surface area (Å²) >= 11 is 0. The average Bonchev–Trinajstić information content (AvgIpc) is 2.87. The van der Waals surface area contributed by atoms with Gasteiger partial charge in [-0.25, -0.2) is 4.39 Å². The normalized spacial score (nSPS) is 12.5. The first-order valence-electron chi connectivity index (χ1n) is 11.5. The maximum absolute atomic E-state index is 14.1. The van der Waals surface area contributed by atoms with E-state index in [-0.39, 0.29) is 23.3 Å². The molecule has 0 radical (unpaired) electrons. The number of nitrogens with zero attached hydrogens (tertiary/aromatic N) is 1. The molecule has 3 aromatic carbocycles. The Morgan fingerprint density at radius 1 is 0.897 bits per heavy atom. The highest BCUT2D eigenvalue weighted by Crippen LogP contribution is 2.36. The number of hydrogen-bond acceptors (Lipinski definition) is 2. The van der Waals surface area contributed by atoms with Crippen LogP contribution in [0.3, 0.4) is 0 Å². The highest BCUT2D eigenvalue weighted by Gasteiger charge is 2.37. The minimum atomic E-state index is -4.86. The summed E-state index contributed by atoms with van der Waals surface area (Å²) in [6, 6.07) is 15.3. The molecule has 0 bridgehead atoms. The van der Waals surface area contributed by atoms with Gasteiger partial charge in [-0.05, 0) is 49.2 Å². The standard InChI is InChI=1S/C16H14FNO.C12H12F6N2/c1-2-13(16(18)19)12-8-9-14(15(17)10-12)11-6-4-3-5-7-11;1-3-20-10(19-2)7-4-8(11(13,14)15)6-9(5-7)12(16,17)18/h2-10H,1H3,(H2,18,19);4-6H,3H2,1-2H3,(H,19,20)/b13-2+;. The van der Waals surface area contributed by atoms with Gasteiger partial charge in [-0.15, -0.1) is 0 Å². The van der Waals surface area contributed by atoms with Crippen LogP contribution in [0.1, 0.15) is 36.1 Å². The van der Waals surface area contributed by atoms with Crippen molar-refractivity contribution in [1.82, 2.24) is 5.32 Å². The fourth-order valence-electron chi connectivity index (χ4n) is 3.55. The van der Waals surface area contributed by atoms with Crippen molar-refractivity contribution in [3.8, 4) is 11.1 Å². The summed E-state index contributed by atoms with van der Waals surface area (Å²) in [6.45, 7) is 3.68. The quantitative estimate of drug-likeness (QED) is 0.153. The van der Waals surface area contributed by atoms with Crippen molar-refractivity contribution in [3.05, 3.63) is 101 Å². The van der Waals surface area contributed by atoms with Crippen LogP contribution in [0, 0.1) is 5.82 Å². The molecule has 208 valence electrons. The zero-order chi connectivity index (χ0) is 29.4. The Kier molecular flexibility index (Phi) is 10.4. The molecular weight excluding hydrogens is 527 g/mol. The van der Waals surface area contributed by atoms with Crippen molar-refractivity contribution in [2.24, 2.45) is 10.7 Å².